The highest BCUT2D eigenvalue weighted by atomic mass is 16.3. The van der Waals surface area contributed by atoms with Crippen molar-refractivity contribution in [3.63, 3.8) is 0 Å². The summed E-state index contributed by atoms with van der Waals surface area (Å²) in [7, 11) is 0. The van der Waals surface area contributed by atoms with Crippen molar-refractivity contribution in [2.75, 3.05) is 0 Å². The van der Waals surface area contributed by atoms with Gasteiger partial charge in [0.15, 0.2) is 5.82 Å². The first-order valence-electron chi connectivity index (χ1n) is 18.8. The highest BCUT2D eigenvalue weighted by Gasteiger charge is 2.20. The molecule has 0 amide bonds. The minimum Gasteiger partial charge on any atom is -0.456 e. The van der Waals surface area contributed by atoms with E-state index < -0.39 is 0 Å². The Labute approximate surface area is 323 Å². The second-order valence-corrected chi connectivity index (χ2v) is 14.1. The van der Waals surface area contributed by atoms with Crippen LogP contribution in [0.15, 0.2) is 203 Å². The number of nitrogens with zero attached hydrogens (tertiary/aromatic N) is 2. The van der Waals surface area contributed by atoms with Crippen LogP contribution in [0.5, 0.6) is 0 Å². The molecule has 0 atom stereocenters. The molecule has 0 aliphatic heterocycles. The lowest BCUT2D eigenvalue weighted by Gasteiger charge is -2.12. The maximum Gasteiger partial charge on any atom is 0.160 e. The van der Waals surface area contributed by atoms with Gasteiger partial charge in [-0.05, 0) is 64.2 Å². The molecule has 0 bridgehead atoms. The largest absolute Gasteiger partial charge is 0.456 e. The average molecular weight is 717 g/mol. The van der Waals surface area contributed by atoms with E-state index in [4.69, 9.17) is 18.8 Å². The van der Waals surface area contributed by atoms with E-state index in [1.54, 1.807) is 0 Å². The van der Waals surface area contributed by atoms with E-state index >= 15 is 0 Å². The van der Waals surface area contributed by atoms with Gasteiger partial charge in [-0.2, -0.15) is 0 Å². The maximum atomic E-state index is 6.73. The van der Waals surface area contributed by atoms with Gasteiger partial charge in [0.25, 0.3) is 0 Å². The molecule has 8 aromatic carbocycles. The highest BCUT2D eigenvalue weighted by Crippen LogP contribution is 2.43. The Bertz CT molecular complexity index is 3220. The predicted molar refractivity (Wildman–Crippen MR) is 229 cm³/mol. The number of benzene rings is 8. The van der Waals surface area contributed by atoms with Crippen LogP contribution in [-0.4, -0.2) is 9.97 Å². The normalized spacial score (nSPS) is 11.6. The van der Waals surface area contributed by atoms with Crippen molar-refractivity contribution in [2.45, 2.75) is 0 Å². The van der Waals surface area contributed by atoms with Crippen LogP contribution in [-0.2, 0) is 0 Å². The third-order valence-electron chi connectivity index (χ3n) is 10.8. The fourth-order valence-corrected chi connectivity index (χ4v) is 7.93. The summed E-state index contributed by atoms with van der Waals surface area (Å²) in [5.74, 6) is 0.662. The molecule has 56 heavy (non-hydrogen) atoms. The molecule has 0 radical (unpaired) electrons. The van der Waals surface area contributed by atoms with Gasteiger partial charge >= 0.3 is 0 Å². The van der Waals surface area contributed by atoms with Crippen molar-refractivity contribution in [3.05, 3.63) is 194 Å². The first-order chi connectivity index (χ1) is 27.7. The minimum atomic E-state index is 0.662. The van der Waals surface area contributed by atoms with Crippen LogP contribution in [0.3, 0.4) is 0 Å². The van der Waals surface area contributed by atoms with Crippen LogP contribution < -0.4 is 0 Å². The number of rotatable bonds is 6. The Morgan fingerprint density at radius 2 is 0.804 bits per heavy atom. The van der Waals surface area contributed by atoms with E-state index in [0.29, 0.717) is 5.82 Å². The van der Waals surface area contributed by atoms with Crippen LogP contribution in [0.4, 0.5) is 0 Å². The van der Waals surface area contributed by atoms with Crippen LogP contribution in [0.1, 0.15) is 0 Å². The van der Waals surface area contributed by atoms with E-state index in [-0.39, 0.29) is 0 Å². The third-order valence-corrected chi connectivity index (χ3v) is 10.8. The summed E-state index contributed by atoms with van der Waals surface area (Å²) < 4.78 is 12.9. The number of hydrogen-bond donors (Lipinski definition) is 0. The maximum absolute atomic E-state index is 6.73. The van der Waals surface area contributed by atoms with Gasteiger partial charge in [-0.15, -0.1) is 0 Å². The molecule has 3 heterocycles. The number of hydrogen-bond acceptors (Lipinski definition) is 4. The number of fused-ring (bicyclic) bond motifs is 6. The smallest absolute Gasteiger partial charge is 0.160 e. The summed E-state index contributed by atoms with van der Waals surface area (Å²) in [6, 6.07) is 67.3. The lowest BCUT2D eigenvalue weighted by molar-refractivity contribution is 0.668. The molecule has 0 N–H and O–H groups in total. The Morgan fingerprint density at radius 3 is 1.50 bits per heavy atom. The lowest BCUT2D eigenvalue weighted by Crippen LogP contribution is -1.96. The van der Waals surface area contributed by atoms with Gasteiger partial charge in [-0.3, -0.25) is 0 Å². The van der Waals surface area contributed by atoms with E-state index in [1.165, 1.54) is 11.1 Å². The average Bonchev–Trinajstić information content (AvgIpc) is 3.85. The van der Waals surface area contributed by atoms with Crippen LogP contribution >= 0.6 is 0 Å². The topological polar surface area (TPSA) is 52.1 Å². The van der Waals surface area contributed by atoms with Crippen molar-refractivity contribution in [3.8, 4) is 67.3 Å². The van der Waals surface area contributed by atoms with Crippen molar-refractivity contribution in [1.82, 2.24) is 9.97 Å². The molecule has 0 fully saturated rings. The molecule has 0 spiro atoms. The second-order valence-electron chi connectivity index (χ2n) is 14.1. The van der Waals surface area contributed by atoms with Crippen LogP contribution in [0.2, 0.25) is 0 Å². The van der Waals surface area contributed by atoms with Crippen molar-refractivity contribution >= 4 is 43.9 Å². The molecule has 0 unspecified atom stereocenters. The van der Waals surface area contributed by atoms with Gasteiger partial charge in [0.05, 0.1) is 11.4 Å². The fourth-order valence-electron chi connectivity index (χ4n) is 7.93. The summed E-state index contributed by atoms with van der Waals surface area (Å²) >= 11 is 0. The first-order valence-corrected chi connectivity index (χ1v) is 18.8. The van der Waals surface area contributed by atoms with Crippen molar-refractivity contribution in [2.24, 2.45) is 0 Å². The number of para-hydroxylation sites is 2. The molecular formula is C52H32N2O2. The standard InChI is InChI=1S/C52H32N2O2/c1-3-11-33(12-4-1)34-19-21-35(22-20-34)36-23-25-38(26-24-36)52-53-45(37-13-5-2-6-14-37)32-46(54-52)42-29-28-40(51-50(42)43-16-8-10-18-48(43)56-51)39-27-30-49-44(31-39)41-15-7-9-17-47(41)55-49/h1-32H. The zero-order valence-electron chi connectivity index (χ0n) is 30.2. The minimum absolute atomic E-state index is 0.662. The second kappa shape index (κ2) is 13.1. The van der Waals surface area contributed by atoms with Gasteiger partial charge in [0.2, 0.25) is 0 Å². The molecule has 11 aromatic rings. The summed E-state index contributed by atoms with van der Waals surface area (Å²) in [6.07, 6.45) is 0. The SMILES string of the molecule is c1ccc(-c2ccc(-c3ccc(-c4nc(-c5ccccc5)cc(-c5ccc(-c6ccc7oc8ccccc8c7c6)c6oc7ccccc7c56)n4)cc3)cc2)cc1. The molecule has 262 valence electrons. The van der Waals surface area contributed by atoms with Gasteiger partial charge in [-0.1, -0.05) is 158 Å². The number of aromatic nitrogens is 2. The van der Waals surface area contributed by atoms with Crippen molar-refractivity contribution < 1.29 is 8.83 Å². The van der Waals surface area contributed by atoms with Crippen molar-refractivity contribution in [1.29, 1.82) is 0 Å². The summed E-state index contributed by atoms with van der Waals surface area (Å²) in [6.45, 7) is 0. The zero-order valence-corrected chi connectivity index (χ0v) is 30.2. The molecule has 3 aromatic heterocycles. The van der Waals surface area contributed by atoms with Gasteiger partial charge in [-0.25, -0.2) is 9.97 Å². The highest BCUT2D eigenvalue weighted by molar-refractivity contribution is 6.17. The number of furan rings is 2. The molecular weight excluding hydrogens is 685 g/mol. The third kappa shape index (κ3) is 5.47. The summed E-state index contributed by atoms with van der Waals surface area (Å²) in [4.78, 5) is 10.4. The van der Waals surface area contributed by atoms with E-state index in [0.717, 1.165) is 94.2 Å². The van der Waals surface area contributed by atoms with Gasteiger partial charge in [0, 0.05) is 43.8 Å². The first kappa shape index (κ1) is 31.9. The Balaban J connectivity index is 1.05. The molecule has 4 heteroatoms. The van der Waals surface area contributed by atoms with Crippen LogP contribution in [0, 0.1) is 0 Å². The lowest BCUT2D eigenvalue weighted by atomic mass is 9.95. The molecule has 4 nitrogen and oxygen atoms in total. The molecule has 0 aliphatic rings. The summed E-state index contributed by atoms with van der Waals surface area (Å²) in [5, 5.41) is 4.24. The molecule has 0 aliphatic carbocycles. The van der Waals surface area contributed by atoms with E-state index in [9.17, 15) is 0 Å². The van der Waals surface area contributed by atoms with Gasteiger partial charge in [0.1, 0.15) is 22.3 Å². The Morgan fingerprint density at radius 1 is 0.304 bits per heavy atom. The molecule has 11 rings (SSSR count). The predicted octanol–water partition coefficient (Wildman–Crippen LogP) is 14.3. The Kier molecular flexibility index (Phi) is 7.46. The monoisotopic (exact) mass is 716 g/mol. The quantitative estimate of drug-likeness (QED) is 0.172. The van der Waals surface area contributed by atoms with Gasteiger partial charge < -0.3 is 8.83 Å². The Hall–Kier alpha value is -7.56. The molecule has 0 saturated carbocycles. The summed E-state index contributed by atoms with van der Waals surface area (Å²) in [5.41, 5.74) is 14.8. The van der Waals surface area contributed by atoms with E-state index in [1.807, 2.05) is 48.5 Å². The van der Waals surface area contributed by atoms with Crippen LogP contribution in [0.25, 0.3) is 111 Å². The molecule has 0 saturated heterocycles. The van der Waals surface area contributed by atoms with E-state index in [2.05, 4.69) is 146 Å². The zero-order chi connectivity index (χ0) is 37.0. The fraction of sp³-hybridized carbons (Fsp3) is 0.